The van der Waals surface area contributed by atoms with Crippen molar-refractivity contribution in [1.82, 2.24) is 15.1 Å². The van der Waals surface area contributed by atoms with Gasteiger partial charge in [-0.25, -0.2) is 0 Å². The van der Waals surface area contributed by atoms with E-state index in [9.17, 15) is 0 Å². The molecule has 2 aromatic rings. The van der Waals surface area contributed by atoms with E-state index in [2.05, 4.69) is 23.4 Å². The van der Waals surface area contributed by atoms with Crippen molar-refractivity contribution in [2.24, 2.45) is 7.05 Å². The van der Waals surface area contributed by atoms with Crippen molar-refractivity contribution in [3.05, 3.63) is 41.7 Å². The third-order valence-corrected chi connectivity index (χ3v) is 3.03. The van der Waals surface area contributed by atoms with E-state index in [0.29, 0.717) is 13.2 Å². The van der Waals surface area contributed by atoms with Gasteiger partial charge < -0.3 is 14.8 Å². The van der Waals surface area contributed by atoms with Crippen molar-refractivity contribution < 1.29 is 9.47 Å². The van der Waals surface area contributed by atoms with Crippen LogP contribution in [0.15, 0.2) is 30.5 Å². The molecule has 1 N–H and O–H groups in total. The van der Waals surface area contributed by atoms with Crippen LogP contribution in [0.2, 0.25) is 0 Å². The average Bonchev–Trinajstić information content (AvgIpc) is 2.90. The van der Waals surface area contributed by atoms with Crippen molar-refractivity contribution in [3.8, 4) is 11.5 Å². The van der Waals surface area contributed by atoms with E-state index in [0.717, 1.165) is 30.3 Å². The van der Waals surface area contributed by atoms with E-state index < -0.39 is 0 Å². The van der Waals surface area contributed by atoms with Gasteiger partial charge in [-0.3, -0.25) is 4.68 Å². The first-order valence-electron chi connectivity index (χ1n) is 7.30. The van der Waals surface area contributed by atoms with E-state index >= 15 is 0 Å². The number of rotatable bonds is 8. The summed E-state index contributed by atoms with van der Waals surface area (Å²) in [5, 5.41) is 7.61. The lowest BCUT2D eigenvalue weighted by Crippen LogP contribution is -2.12. The molecule has 0 aliphatic carbocycles. The highest BCUT2D eigenvalue weighted by Gasteiger charge is 2.07. The molecule has 5 nitrogen and oxygen atoms in total. The van der Waals surface area contributed by atoms with E-state index in [1.807, 2.05) is 38.4 Å². The molecule has 0 bridgehead atoms. The van der Waals surface area contributed by atoms with Crippen LogP contribution in [0.1, 0.15) is 25.1 Å². The summed E-state index contributed by atoms with van der Waals surface area (Å²) in [4.78, 5) is 0. The largest absolute Gasteiger partial charge is 0.490 e. The molecule has 0 atom stereocenters. The number of hydrogen-bond acceptors (Lipinski definition) is 4. The Kier molecular flexibility index (Phi) is 5.63. The fourth-order valence-corrected chi connectivity index (χ4v) is 2.01. The predicted molar refractivity (Wildman–Crippen MR) is 82.5 cm³/mol. The molecule has 1 aromatic heterocycles. The first kappa shape index (κ1) is 15.4. The number of aryl methyl sites for hydroxylation is 1. The van der Waals surface area contributed by atoms with Gasteiger partial charge in [-0.05, 0) is 37.2 Å². The molecule has 0 saturated heterocycles. The molecular weight excluding hydrogens is 266 g/mol. The Labute approximate surface area is 125 Å². The molecule has 2 rings (SSSR count). The Bertz CT molecular complexity index is 566. The highest BCUT2D eigenvalue weighted by atomic mass is 16.5. The Morgan fingerprint density at radius 3 is 2.67 bits per heavy atom. The maximum Gasteiger partial charge on any atom is 0.161 e. The molecule has 5 heteroatoms. The number of benzene rings is 1. The third kappa shape index (κ3) is 4.49. The van der Waals surface area contributed by atoms with Crippen molar-refractivity contribution in [2.45, 2.75) is 27.0 Å². The molecule has 0 unspecified atom stereocenters. The highest BCUT2D eigenvalue weighted by molar-refractivity contribution is 5.43. The fraction of sp³-hybridized carbons (Fsp3) is 0.438. The number of hydrogen-bond donors (Lipinski definition) is 1. The minimum Gasteiger partial charge on any atom is -0.490 e. The zero-order valence-corrected chi connectivity index (χ0v) is 12.9. The van der Waals surface area contributed by atoms with Crippen LogP contribution in [0.3, 0.4) is 0 Å². The van der Waals surface area contributed by atoms with Gasteiger partial charge in [-0.2, -0.15) is 5.10 Å². The van der Waals surface area contributed by atoms with E-state index in [-0.39, 0.29) is 0 Å². The average molecular weight is 289 g/mol. The molecule has 1 aromatic carbocycles. The summed E-state index contributed by atoms with van der Waals surface area (Å²) in [7, 11) is 1.89. The van der Waals surface area contributed by atoms with Crippen LogP contribution in [0, 0.1) is 0 Å². The van der Waals surface area contributed by atoms with Crippen molar-refractivity contribution in [2.75, 3.05) is 13.2 Å². The molecule has 0 aliphatic rings. The molecule has 21 heavy (non-hydrogen) atoms. The maximum atomic E-state index is 5.83. The van der Waals surface area contributed by atoms with Crippen molar-refractivity contribution in [1.29, 1.82) is 0 Å². The quantitative estimate of drug-likeness (QED) is 0.811. The van der Waals surface area contributed by atoms with Gasteiger partial charge in [0, 0.05) is 19.8 Å². The zero-order chi connectivity index (χ0) is 15.1. The first-order chi connectivity index (χ1) is 10.2. The zero-order valence-electron chi connectivity index (χ0n) is 12.9. The van der Waals surface area contributed by atoms with Gasteiger partial charge in [0.05, 0.1) is 12.3 Å². The number of nitrogens with one attached hydrogen (secondary N) is 1. The van der Waals surface area contributed by atoms with Crippen LogP contribution in [-0.2, 0) is 20.2 Å². The van der Waals surface area contributed by atoms with Gasteiger partial charge >= 0.3 is 0 Å². The standard InChI is InChI=1S/C16H23N3O2/c1-4-17-11-13-6-7-15(16(10-13)20-5-2)21-12-14-8-9-19(3)18-14/h6-10,17H,4-5,11-12H2,1-3H3. The summed E-state index contributed by atoms with van der Waals surface area (Å²) in [6.45, 7) is 6.89. The van der Waals surface area contributed by atoms with Crippen LogP contribution in [0.5, 0.6) is 11.5 Å². The normalized spacial score (nSPS) is 10.6. The van der Waals surface area contributed by atoms with Crippen LogP contribution >= 0.6 is 0 Å². The van der Waals surface area contributed by atoms with Crippen LogP contribution in [0.25, 0.3) is 0 Å². The molecule has 0 saturated carbocycles. The summed E-state index contributed by atoms with van der Waals surface area (Å²) >= 11 is 0. The van der Waals surface area contributed by atoms with Gasteiger partial charge in [0.15, 0.2) is 11.5 Å². The second-order valence-corrected chi connectivity index (χ2v) is 4.76. The molecule has 0 spiro atoms. The number of ether oxygens (including phenoxy) is 2. The van der Waals surface area contributed by atoms with E-state index in [1.54, 1.807) is 4.68 Å². The summed E-state index contributed by atoms with van der Waals surface area (Å²) in [6.07, 6.45) is 1.90. The third-order valence-electron chi connectivity index (χ3n) is 3.03. The molecule has 114 valence electrons. The topological polar surface area (TPSA) is 48.3 Å². The number of aromatic nitrogens is 2. The molecule has 0 aliphatic heterocycles. The van der Waals surface area contributed by atoms with Crippen LogP contribution in [-0.4, -0.2) is 22.9 Å². The first-order valence-corrected chi connectivity index (χ1v) is 7.30. The van der Waals surface area contributed by atoms with Gasteiger partial charge in [0.1, 0.15) is 6.61 Å². The van der Waals surface area contributed by atoms with Gasteiger partial charge in [0.2, 0.25) is 0 Å². The molecule has 0 amide bonds. The van der Waals surface area contributed by atoms with Gasteiger partial charge in [0.25, 0.3) is 0 Å². The smallest absolute Gasteiger partial charge is 0.161 e. The minimum atomic E-state index is 0.438. The summed E-state index contributed by atoms with van der Waals surface area (Å²) < 4.78 is 13.3. The molecule has 1 heterocycles. The second-order valence-electron chi connectivity index (χ2n) is 4.76. The van der Waals surface area contributed by atoms with Crippen molar-refractivity contribution in [3.63, 3.8) is 0 Å². The second kappa shape index (κ2) is 7.69. The Hall–Kier alpha value is -2.01. The Balaban J connectivity index is 2.06. The Morgan fingerprint density at radius 2 is 2.00 bits per heavy atom. The summed E-state index contributed by atoms with van der Waals surface area (Å²) in [5.41, 5.74) is 2.09. The van der Waals surface area contributed by atoms with E-state index in [4.69, 9.17) is 9.47 Å². The summed E-state index contributed by atoms with van der Waals surface area (Å²) in [6, 6.07) is 7.99. The van der Waals surface area contributed by atoms with Gasteiger partial charge in [-0.1, -0.05) is 13.0 Å². The highest BCUT2D eigenvalue weighted by Crippen LogP contribution is 2.29. The molecule has 0 fully saturated rings. The number of nitrogens with zero attached hydrogens (tertiary/aromatic N) is 2. The van der Waals surface area contributed by atoms with E-state index in [1.165, 1.54) is 5.56 Å². The van der Waals surface area contributed by atoms with Crippen LogP contribution in [0.4, 0.5) is 0 Å². The Morgan fingerprint density at radius 1 is 1.14 bits per heavy atom. The lowest BCUT2D eigenvalue weighted by Gasteiger charge is -2.13. The monoisotopic (exact) mass is 289 g/mol. The van der Waals surface area contributed by atoms with Gasteiger partial charge in [-0.15, -0.1) is 0 Å². The minimum absolute atomic E-state index is 0.438. The molecule has 0 radical (unpaired) electrons. The van der Waals surface area contributed by atoms with Crippen molar-refractivity contribution >= 4 is 0 Å². The lowest BCUT2D eigenvalue weighted by molar-refractivity contribution is 0.265. The predicted octanol–water partition coefficient (Wildman–Crippen LogP) is 2.51. The fourth-order valence-electron chi connectivity index (χ4n) is 2.01. The lowest BCUT2D eigenvalue weighted by atomic mass is 10.2. The SMILES string of the molecule is CCNCc1ccc(OCc2ccn(C)n2)c(OCC)c1. The van der Waals surface area contributed by atoms with Crippen LogP contribution < -0.4 is 14.8 Å². The maximum absolute atomic E-state index is 5.83. The molecular formula is C16H23N3O2. The summed E-state index contributed by atoms with van der Waals surface area (Å²) in [5.74, 6) is 1.53.